The normalized spacial score (nSPS) is 12.9. The van der Waals surface area contributed by atoms with Crippen molar-refractivity contribution < 1.29 is 23.1 Å². The maximum atomic E-state index is 12.2. The van der Waals surface area contributed by atoms with Gasteiger partial charge in [0.1, 0.15) is 16.7 Å². The van der Waals surface area contributed by atoms with Crippen molar-refractivity contribution in [1.82, 2.24) is 4.72 Å². The molecular weight excluding hydrogens is 302 g/mol. The highest BCUT2D eigenvalue weighted by molar-refractivity contribution is 7.98. The highest BCUT2D eigenvalue weighted by Crippen LogP contribution is 2.23. The van der Waals surface area contributed by atoms with Crippen LogP contribution >= 0.6 is 11.8 Å². The Hall–Kier alpha value is -1.25. The van der Waals surface area contributed by atoms with Crippen molar-refractivity contribution in [3.63, 3.8) is 0 Å². The summed E-state index contributed by atoms with van der Waals surface area (Å²) in [5.74, 6) is -0.475. The molecule has 0 fully saturated rings. The van der Waals surface area contributed by atoms with Gasteiger partial charge in [-0.1, -0.05) is 12.1 Å². The van der Waals surface area contributed by atoms with E-state index < -0.39 is 22.0 Å². The van der Waals surface area contributed by atoms with Crippen LogP contribution in [0.3, 0.4) is 0 Å². The van der Waals surface area contributed by atoms with Gasteiger partial charge in [0.2, 0.25) is 10.0 Å². The molecule has 1 rings (SSSR count). The third-order valence-electron chi connectivity index (χ3n) is 2.56. The number of carboxylic acid groups (broad SMARTS) is 1. The molecule has 0 aliphatic rings. The van der Waals surface area contributed by atoms with Crippen molar-refractivity contribution in [2.75, 3.05) is 19.1 Å². The highest BCUT2D eigenvalue weighted by atomic mass is 32.2. The van der Waals surface area contributed by atoms with Crippen LogP contribution in [-0.2, 0) is 14.8 Å². The van der Waals surface area contributed by atoms with Gasteiger partial charge in [0, 0.05) is 0 Å². The van der Waals surface area contributed by atoms with Gasteiger partial charge >= 0.3 is 5.97 Å². The molecule has 0 radical (unpaired) electrons. The number of rotatable bonds is 8. The molecule has 1 aromatic rings. The average Bonchev–Trinajstić information content (AvgIpc) is 2.43. The van der Waals surface area contributed by atoms with Gasteiger partial charge in [-0.3, -0.25) is 4.79 Å². The van der Waals surface area contributed by atoms with Crippen molar-refractivity contribution in [2.24, 2.45) is 0 Å². The molecule has 112 valence electrons. The molecule has 0 saturated heterocycles. The zero-order valence-corrected chi connectivity index (χ0v) is 12.8. The van der Waals surface area contributed by atoms with Crippen LogP contribution in [0.2, 0.25) is 0 Å². The van der Waals surface area contributed by atoms with Crippen LogP contribution in [0.1, 0.15) is 6.42 Å². The SMILES string of the molecule is COc1ccccc1S(=O)(=O)N[C@@H](CCSC)C(=O)O. The molecule has 0 spiro atoms. The van der Waals surface area contributed by atoms with E-state index in [1.807, 2.05) is 6.26 Å². The summed E-state index contributed by atoms with van der Waals surface area (Å²) >= 11 is 1.45. The number of aliphatic carboxylic acids is 1. The first-order valence-electron chi connectivity index (χ1n) is 5.79. The predicted molar refractivity (Wildman–Crippen MR) is 77.7 cm³/mol. The molecule has 0 saturated carbocycles. The molecule has 0 aliphatic heterocycles. The van der Waals surface area contributed by atoms with E-state index in [2.05, 4.69) is 4.72 Å². The zero-order chi connectivity index (χ0) is 15.2. The van der Waals surface area contributed by atoms with Crippen LogP contribution in [0.4, 0.5) is 0 Å². The maximum absolute atomic E-state index is 12.2. The number of sulfonamides is 1. The van der Waals surface area contributed by atoms with E-state index in [-0.39, 0.29) is 17.1 Å². The Morgan fingerprint density at radius 2 is 2.10 bits per heavy atom. The number of ether oxygens (including phenoxy) is 1. The van der Waals surface area contributed by atoms with Crippen LogP contribution in [0.15, 0.2) is 29.2 Å². The monoisotopic (exact) mass is 319 g/mol. The fraction of sp³-hybridized carbons (Fsp3) is 0.417. The zero-order valence-electron chi connectivity index (χ0n) is 11.2. The van der Waals surface area contributed by atoms with Gasteiger partial charge in [-0.15, -0.1) is 0 Å². The minimum absolute atomic E-state index is 0.0714. The summed E-state index contributed by atoms with van der Waals surface area (Å²) in [4.78, 5) is 11.0. The number of hydrogen-bond donors (Lipinski definition) is 2. The van der Waals surface area contributed by atoms with Gasteiger partial charge in [-0.25, -0.2) is 8.42 Å². The molecule has 0 aromatic heterocycles. The Morgan fingerprint density at radius 3 is 2.65 bits per heavy atom. The second-order valence-corrected chi connectivity index (χ2v) is 6.61. The second-order valence-electron chi connectivity index (χ2n) is 3.94. The van der Waals surface area contributed by atoms with Gasteiger partial charge in [0.25, 0.3) is 0 Å². The van der Waals surface area contributed by atoms with Crippen LogP contribution in [0, 0.1) is 0 Å². The molecule has 0 bridgehead atoms. The summed E-state index contributed by atoms with van der Waals surface area (Å²) in [7, 11) is -2.58. The third-order valence-corrected chi connectivity index (χ3v) is 4.72. The minimum Gasteiger partial charge on any atom is -0.495 e. The van der Waals surface area contributed by atoms with E-state index in [4.69, 9.17) is 9.84 Å². The summed E-state index contributed by atoms with van der Waals surface area (Å²) in [6.07, 6.45) is 2.04. The summed E-state index contributed by atoms with van der Waals surface area (Å²) in [6, 6.07) is 4.91. The van der Waals surface area contributed by atoms with Gasteiger partial charge in [0.15, 0.2) is 0 Å². The van der Waals surface area contributed by atoms with Crippen molar-refractivity contribution in [3.05, 3.63) is 24.3 Å². The van der Waals surface area contributed by atoms with E-state index in [1.165, 1.54) is 31.0 Å². The Morgan fingerprint density at radius 1 is 1.45 bits per heavy atom. The summed E-state index contributed by atoms with van der Waals surface area (Å²) in [6.45, 7) is 0. The molecular formula is C12H17NO5S2. The first-order valence-corrected chi connectivity index (χ1v) is 8.67. The van der Waals surface area contributed by atoms with Crippen LogP contribution in [-0.4, -0.2) is 44.7 Å². The number of para-hydroxylation sites is 1. The first-order chi connectivity index (χ1) is 9.42. The molecule has 6 nitrogen and oxygen atoms in total. The lowest BCUT2D eigenvalue weighted by Crippen LogP contribution is -2.41. The fourth-order valence-corrected chi connectivity index (χ4v) is 3.43. The van der Waals surface area contributed by atoms with Crippen LogP contribution in [0.25, 0.3) is 0 Å². The quantitative estimate of drug-likeness (QED) is 0.747. The molecule has 8 heteroatoms. The molecule has 20 heavy (non-hydrogen) atoms. The van der Waals surface area contributed by atoms with Crippen molar-refractivity contribution in [1.29, 1.82) is 0 Å². The molecule has 0 heterocycles. The minimum atomic E-state index is -3.94. The van der Waals surface area contributed by atoms with Crippen LogP contribution < -0.4 is 9.46 Å². The van der Waals surface area contributed by atoms with Gasteiger partial charge in [-0.05, 0) is 30.6 Å². The number of thioether (sulfide) groups is 1. The Balaban J connectivity index is 3.00. The number of hydrogen-bond acceptors (Lipinski definition) is 5. The fourth-order valence-electron chi connectivity index (χ4n) is 1.56. The first kappa shape index (κ1) is 16.8. The van der Waals surface area contributed by atoms with Crippen molar-refractivity contribution in [3.8, 4) is 5.75 Å². The summed E-state index contributed by atoms with van der Waals surface area (Å²) < 4.78 is 31.6. The van der Waals surface area contributed by atoms with Gasteiger partial charge in [0.05, 0.1) is 7.11 Å². The predicted octanol–water partition coefficient (Wildman–Crippen LogP) is 1.18. The molecule has 0 amide bonds. The Kier molecular flexibility index (Phi) is 6.31. The van der Waals surface area contributed by atoms with Crippen molar-refractivity contribution >= 4 is 27.8 Å². The number of carbonyl (C=O) groups is 1. The molecule has 0 aliphatic carbocycles. The van der Waals surface area contributed by atoms with Gasteiger partial charge in [-0.2, -0.15) is 16.5 Å². The number of carboxylic acids is 1. The lowest BCUT2D eigenvalue weighted by atomic mass is 10.2. The standard InChI is InChI=1S/C12H17NO5S2/c1-18-10-5-3-4-6-11(10)20(16,17)13-9(12(14)15)7-8-19-2/h3-6,9,13H,7-8H2,1-2H3,(H,14,15)/t9-/m0/s1. The number of benzene rings is 1. The van der Waals surface area contributed by atoms with Crippen LogP contribution in [0.5, 0.6) is 5.75 Å². The van der Waals surface area contributed by atoms with E-state index in [0.717, 1.165) is 0 Å². The molecule has 1 atom stereocenters. The topological polar surface area (TPSA) is 92.7 Å². The van der Waals surface area contributed by atoms with Gasteiger partial charge < -0.3 is 9.84 Å². The smallest absolute Gasteiger partial charge is 0.321 e. The van der Waals surface area contributed by atoms with E-state index in [9.17, 15) is 13.2 Å². The lowest BCUT2D eigenvalue weighted by molar-refractivity contribution is -0.139. The van der Waals surface area contributed by atoms with E-state index in [0.29, 0.717) is 5.75 Å². The molecule has 1 aromatic carbocycles. The Labute approximate surface area is 122 Å². The molecule has 0 unspecified atom stereocenters. The maximum Gasteiger partial charge on any atom is 0.321 e. The molecule has 2 N–H and O–H groups in total. The summed E-state index contributed by atoms with van der Waals surface area (Å²) in [5.41, 5.74) is 0. The number of nitrogens with one attached hydrogen (secondary N) is 1. The van der Waals surface area contributed by atoms with Crippen molar-refractivity contribution in [2.45, 2.75) is 17.4 Å². The Bertz CT molecular complexity index is 559. The van der Waals surface area contributed by atoms with E-state index >= 15 is 0 Å². The highest BCUT2D eigenvalue weighted by Gasteiger charge is 2.27. The third kappa shape index (κ3) is 4.39. The number of methoxy groups -OCH3 is 1. The largest absolute Gasteiger partial charge is 0.495 e. The second kappa shape index (κ2) is 7.51. The summed E-state index contributed by atoms with van der Waals surface area (Å²) in [5, 5.41) is 9.07. The average molecular weight is 319 g/mol. The van der Waals surface area contributed by atoms with E-state index in [1.54, 1.807) is 12.1 Å². The lowest BCUT2D eigenvalue weighted by Gasteiger charge is -2.15.